The Kier molecular flexibility index (Phi) is 6.50. The number of nitrogens with one attached hydrogen (secondary N) is 1. The van der Waals surface area contributed by atoms with E-state index >= 15 is 0 Å². The predicted molar refractivity (Wildman–Crippen MR) is 95.1 cm³/mol. The minimum absolute atomic E-state index is 0. The molecule has 1 atom stereocenters. The highest BCUT2D eigenvalue weighted by atomic mass is 35.5. The van der Waals surface area contributed by atoms with E-state index in [0.717, 1.165) is 19.4 Å². The number of hydrogen-bond donors (Lipinski definition) is 1. The summed E-state index contributed by atoms with van der Waals surface area (Å²) in [7, 11) is -3.56. The number of rotatable bonds is 3. The van der Waals surface area contributed by atoms with Crippen LogP contribution in [0.1, 0.15) is 12.8 Å². The van der Waals surface area contributed by atoms with E-state index in [2.05, 4.69) is 5.32 Å². The molecule has 2 aliphatic heterocycles. The molecule has 1 aromatic rings. The van der Waals surface area contributed by atoms with Crippen LogP contribution in [0, 0.1) is 0 Å². The molecule has 1 aromatic carbocycles. The molecule has 3 rings (SSSR count). The molecule has 2 aliphatic rings. The molecule has 0 aromatic heterocycles. The molecule has 0 spiro atoms. The molecule has 0 bridgehead atoms. The summed E-state index contributed by atoms with van der Waals surface area (Å²) in [4.78, 5) is 14.3. The first-order chi connectivity index (χ1) is 11.0. The summed E-state index contributed by atoms with van der Waals surface area (Å²) >= 11 is 5.88. The molecule has 1 unspecified atom stereocenters. The highest BCUT2D eigenvalue weighted by Gasteiger charge is 2.33. The van der Waals surface area contributed by atoms with E-state index in [1.54, 1.807) is 23.1 Å². The summed E-state index contributed by atoms with van der Waals surface area (Å²) < 4.78 is 26.7. The number of halogens is 2. The molecule has 0 aliphatic carbocycles. The molecule has 9 heteroatoms. The van der Waals surface area contributed by atoms with E-state index in [4.69, 9.17) is 11.6 Å². The fourth-order valence-electron chi connectivity index (χ4n) is 3.04. The van der Waals surface area contributed by atoms with Gasteiger partial charge in [0.05, 0.1) is 10.9 Å². The molecule has 134 valence electrons. The number of benzene rings is 1. The lowest BCUT2D eigenvalue weighted by atomic mass is 10.2. The number of hydrogen-bond acceptors (Lipinski definition) is 4. The van der Waals surface area contributed by atoms with E-state index in [-0.39, 0.29) is 29.3 Å². The third-order valence-electron chi connectivity index (χ3n) is 4.34. The quantitative estimate of drug-likeness (QED) is 0.840. The average molecular weight is 394 g/mol. The molecule has 2 heterocycles. The van der Waals surface area contributed by atoms with E-state index < -0.39 is 10.0 Å². The number of carbonyl (C=O) groups is 1. The highest BCUT2D eigenvalue weighted by molar-refractivity contribution is 7.89. The summed E-state index contributed by atoms with van der Waals surface area (Å²) in [5.41, 5.74) is 0. The Morgan fingerprint density at radius 3 is 2.50 bits per heavy atom. The van der Waals surface area contributed by atoms with Crippen LogP contribution in [0.3, 0.4) is 0 Å². The zero-order valence-electron chi connectivity index (χ0n) is 13.2. The molecule has 0 saturated carbocycles. The van der Waals surface area contributed by atoms with Crippen molar-refractivity contribution in [3.63, 3.8) is 0 Å². The van der Waals surface area contributed by atoms with Gasteiger partial charge in [-0.15, -0.1) is 12.4 Å². The van der Waals surface area contributed by atoms with Crippen LogP contribution in [0.15, 0.2) is 29.2 Å². The molecule has 6 nitrogen and oxygen atoms in total. The van der Waals surface area contributed by atoms with Gasteiger partial charge < -0.3 is 10.2 Å². The summed E-state index contributed by atoms with van der Waals surface area (Å²) in [6.07, 6.45) is 1.87. The van der Waals surface area contributed by atoms with Crippen molar-refractivity contribution in [2.45, 2.75) is 23.8 Å². The minimum Gasteiger partial charge on any atom is -0.339 e. The Hall–Kier alpha value is -0.860. The van der Waals surface area contributed by atoms with Crippen LogP contribution in [-0.4, -0.2) is 62.3 Å². The fourth-order valence-corrected chi connectivity index (χ4v) is 4.76. The maximum atomic E-state index is 12.6. The van der Waals surface area contributed by atoms with Gasteiger partial charge in [0.1, 0.15) is 0 Å². The van der Waals surface area contributed by atoms with E-state index in [1.807, 2.05) is 0 Å². The van der Waals surface area contributed by atoms with Crippen LogP contribution in [0.5, 0.6) is 0 Å². The molecular weight excluding hydrogens is 373 g/mol. The van der Waals surface area contributed by atoms with E-state index in [1.165, 1.54) is 10.4 Å². The van der Waals surface area contributed by atoms with Gasteiger partial charge >= 0.3 is 0 Å². The van der Waals surface area contributed by atoms with Crippen LogP contribution in [0.2, 0.25) is 5.02 Å². The number of sulfonamides is 1. The monoisotopic (exact) mass is 393 g/mol. The first-order valence-electron chi connectivity index (χ1n) is 7.76. The summed E-state index contributed by atoms with van der Waals surface area (Å²) in [6, 6.07) is 6.16. The van der Waals surface area contributed by atoms with Crippen molar-refractivity contribution in [3.05, 3.63) is 29.3 Å². The lowest BCUT2D eigenvalue weighted by Crippen LogP contribution is -2.54. The van der Waals surface area contributed by atoms with Crippen molar-refractivity contribution < 1.29 is 13.2 Å². The van der Waals surface area contributed by atoms with E-state index in [0.29, 0.717) is 31.2 Å². The topological polar surface area (TPSA) is 69.7 Å². The number of piperazine rings is 1. The summed E-state index contributed by atoms with van der Waals surface area (Å²) in [6.45, 7) is 2.35. The van der Waals surface area contributed by atoms with Gasteiger partial charge in [-0.25, -0.2) is 8.42 Å². The van der Waals surface area contributed by atoms with Gasteiger partial charge in [-0.3, -0.25) is 4.79 Å². The SMILES string of the molecule is Cl.O=C(C1CCCN1)N1CCN(S(=O)(=O)c2cccc(Cl)c2)CC1. The molecule has 2 fully saturated rings. The molecule has 1 amide bonds. The number of nitrogens with zero attached hydrogens (tertiary/aromatic N) is 2. The molecular formula is C15H21Cl2N3O3S. The van der Waals surface area contributed by atoms with Crippen LogP contribution in [-0.2, 0) is 14.8 Å². The van der Waals surface area contributed by atoms with Crippen LogP contribution >= 0.6 is 24.0 Å². The van der Waals surface area contributed by atoms with Gasteiger partial charge in [0.2, 0.25) is 15.9 Å². The Morgan fingerprint density at radius 1 is 1.21 bits per heavy atom. The Bertz CT molecular complexity index is 685. The van der Waals surface area contributed by atoms with Gasteiger partial charge in [-0.05, 0) is 37.6 Å². The average Bonchev–Trinajstić information content (AvgIpc) is 3.09. The largest absolute Gasteiger partial charge is 0.339 e. The van der Waals surface area contributed by atoms with Crippen LogP contribution in [0.4, 0.5) is 0 Å². The standard InChI is InChI=1S/C15H20ClN3O3S.ClH/c16-12-3-1-4-13(11-12)23(21,22)19-9-7-18(8-10-19)15(20)14-5-2-6-17-14;/h1,3-4,11,14,17H,2,5-10H2;1H. The maximum absolute atomic E-state index is 12.6. The predicted octanol–water partition coefficient (Wildman–Crippen LogP) is 1.35. The second kappa shape index (κ2) is 8.01. The van der Waals surface area contributed by atoms with Crippen molar-refractivity contribution in [1.29, 1.82) is 0 Å². The highest BCUT2D eigenvalue weighted by Crippen LogP contribution is 2.21. The van der Waals surface area contributed by atoms with Gasteiger partial charge in [-0.2, -0.15) is 4.31 Å². The van der Waals surface area contributed by atoms with Gasteiger partial charge in [0.25, 0.3) is 0 Å². The maximum Gasteiger partial charge on any atom is 0.243 e. The zero-order chi connectivity index (χ0) is 16.4. The summed E-state index contributed by atoms with van der Waals surface area (Å²) in [5, 5.41) is 3.59. The fraction of sp³-hybridized carbons (Fsp3) is 0.533. The van der Waals surface area contributed by atoms with Crippen LogP contribution in [0.25, 0.3) is 0 Å². The first-order valence-corrected chi connectivity index (χ1v) is 9.58. The zero-order valence-corrected chi connectivity index (χ0v) is 15.5. The van der Waals surface area contributed by atoms with Gasteiger partial charge in [-0.1, -0.05) is 17.7 Å². The normalized spacial score (nSPS) is 22.2. The third-order valence-corrected chi connectivity index (χ3v) is 6.47. The number of carbonyl (C=O) groups excluding carboxylic acids is 1. The molecule has 1 N–H and O–H groups in total. The van der Waals surface area contributed by atoms with E-state index in [9.17, 15) is 13.2 Å². The van der Waals surface area contributed by atoms with Crippen LogP contribution < -0.4 is 5.32 Å². The molecule has 2 saturated heterocycles. The van der Waals surface area contributed by atoms with Crippen molar-refractivity contribution in [2.24, 2.45) is 0 Å². The molecule has 24 heavy (non-hydrogen) atoms. The van der Waals surface area contributed by atoms with Crippen molar-refractivity contribution in [1.82, 2.24) is 14.5 Å². The molecule has 0 radical (unpaired) electrons. The van der Waals surface area contributed by atoms with Gasteiger partial charge in [0.15, 0.2) is 0 Å². The van der Waals surface area contributed by atoms with Crippen molar-refractivity contribution in [2.75, 3.05) is 32.7 Å². The lowest BCUT2D eigenvalue weighted by Gasteiger charge is -2.35. The van der Waals surface area contributed by atoms with Gasteiger partial charge in [0, 0.05) is 31.2 Å². The van der Waals surface area contributed by atoms with Crippen molar-refractivity contribution in [3.8, 4) is 0 Å². The Labute approximate surface area is 153 Å². The first kappa shape index (κ1) is 19.5. The Morgan fingerprint density at radius 2 is 1.92 bits per heavy atom. The second-order valence-corrected chi connectivity index (χ2v) is 8.21. The second-order valence-electron chi connectivity index (χ2n) is 5.84. The lowest BCUT2D eigenvalue weighted by molar-refractivity contribution is -0.134. The third kappa shape index (κ3) is 4.03. The van der Waals surface area contributed by atoms with Crippen molar-refractivity contribution >= 4 is 39.9 Å². The smallest absolute Gasteiger partial charge is 0.243 e. The number of amides is 1. The Balaban J connectivity index is 0.00000208. The minimum atomic E-state index is -3.56. The summed E-state index contributed by atoms with van der Waals surface area (Å²) in [5.74, 6) is 0.0855.